The summed E-state index contributed by atoms with van der Waals surface area (Å²) in [4.78, 5) is 37.3. The third kappa shape index (κ3) is 4.20. The molecule has 192 valence electrons. The Morgan fingerprint density at radius 1 is 1.24 bits per heavy atom. The van der Waals surface area contributed by atoms with Gasteiger partial charge in [0.15, 0.2) is 0 Å². The fraction of sp³-hybridized carbons (Fsp3) is 0.400. The Morgan fingerprint density at radius 2 is 2.11 bits per heavy atom. The molecule has 0 spiro atoms. The Labute approximate surface area is 215 Å². The third-order valence-electron chi connectivity index (χ3n) is 7.15. The summed E-state index contributed by atoms with van der Waals surface area (Å²) in [5.74, 6) is -0.218. The predicted octanol–water partition coefficient (Wildman–Crippen LogP) is 2.25. The number of nitrogens with zero attached hydrogens (tertiary/aromatic N) is 6. The quantitative estimate of drug-likeness (QED) is 0.300. The first-order valence-corrected chi connectivity index (χ1v) is 13.2. The van der Waals surface area contributed by atoms with Crippen molar-refractivity contribution in [3.05, 3.63) is 46.8 Å². The van der Waals surface area contributed by atoms with Crippen LogP contribution in [0.3, 0.4) is 0 Å². The van der Waals surface area contributed by atoms with Crippen molar-refractivity contribution in [2.75, 3.05) is 26.2 Å². The van der Waals surface area contributed by atoms with Crippen LogP contribution < -0.4 is 10.9 Å². The van der Waals surface area contributed by atoms with E-state index in [1.54, 1.807) is 21.5 Å². The number of rotatable bonds is 7. The summed E-state index contributed by atoms with van der Waals surface area (Å²) >= 11 is 1.44. The summed E-state index contributed by atoms with van der Waals surface area (Å²) in [6.07, 6.45) is 9.31. The second kappa shape index (κ2) is 9.05. The van der Waals surface area contributed by atoms with Crippen LogP contribution in [0, 0.1) is 0 Å². The van der Waals surface area contributed by atoms with Crippen LogP contribution in [0.1, 0.15) is 37.0 Å². The van der Waals surface area contributed by atoms with Crippen molar-refractivity contribution >= 4 is 44.0 Å². The molecule has 5 aromatic rings. The van der Waals surface area contributed by atoms with Gasteiger partial charge in [0.05, 0.1) is 35.3 Å². The van der Waals surface area contributed by atoms with Crippen LogP contribution >= 0.6 is 11.3 Å². The van der Waals surface area contributed by atoms with E-state index in [-0.39, 0.29) is 23.6 Å². The molecule has 0 atom stereocenters. The van der Waals surface area contributed by atoms with Gasteiger partial charge in [0.1, 0.15) is 21.3 Å². The molecule has 0 unspecified atom stereocenters. The molecular weight excluding hydrogens is 492 g/mol. The highest BCUT2D eigenvalue weighted by Crippen LogP contribution is 2.33. The van der Waals surface area contributed by atoms with Gasteiger partial charge in [-0.25, -0.2) is 4.52 Å². The molecule has 3 N–H and O–H groups in total. The van der Waals surface area contributed by atoms with E-state index in [1.165, 1.54) is 30.4 Å². The molecule has 11 nitrogen and oxygen atoms in total. The number of aliphatic hydroxyl groups is 1. The lowest BCUT2D eigenvalue weighted by Gasteiger charge is -2.31. The molecule has 0 aliphatic carbocycles. The molecule has 6 rings (SSSR count). The zero-order chi connectivity index (χ0) is 25.7. The number of aromatic amines is 1. The van der Waals surface area contributed by atoms with Crippen LogP contribution in [0.2, 0.25) is 0 Å². The Bertz CT molecular complexity index is 1690. The number of hydrogen-bond donors (Lipinski definition) is 3. The Hall–Kier alpha value is -3.61. The summed E-state index contributed by atoms with van der Waals surface area (Å²) < 4.78 is 3.35. The number of aliphatic hydroxyl groups excluding tert-OH is 1. The zero-order valence-electron chi connectivity index (χ0n) is 20.7. The normalized spacial score (nSPS) is 15.9. The van der Waals surface area contributed by atoms with Crippen molar-refractivity contribution in [3.63, 3.8) is 0 Å². The van der Waals surface area contributed by atoms with Gasteiger partial charge in [0, 0.05) is 42.8 Å². The lowest BCUT2D eigenvalue weighted by molar-refractivity contribution is 0.0940. The first-order chi connectivity index (χ1) is 17.8. The van der Waals surface area contributed by atoms with Crippen molar-refractivity contribution in [3.8, 4) is 10.4 Å². The maximum atomic E-state index is 13.1. The summed E-state index contributed by atoms with van der Waals surface area (Å²) in [5.41, 5.74) is 2.68. The van der Waals surface area contributed by atoms with E-state index >= 15 is 0 Å². The lowest BCUT2D eigenvalue weighted by atomic mass is 10.0. The smallest absolute Gasteiger partial charge is 0.261 e. The summed E-state index contributed by atoms with van der Waals surface area (Å²) in [6.45, 7) is 7.30. The molecule has 37 heavy (non-hydrogen) atoms. The van der Waals surface area contributed by atoms with Gasteiger partial charge in [0.2, 0.25) is 0 Å². The number of fused-ring (bicyclic) bond motifs is 5. The fourth-order valence-corrected chi connectivity index (χ4v) is 6.17. The van der Waals surface area contributed by atoms with Crippen LogP contribution in [0.4, 0.5) is 0 Å². The predicted molar refractivity (Wildman–Crippen MR) is 142 cm³/mol. The van der Waals surface area contributed by atoms with E-state index in [0.29, 0.717) is 45.4 Å². The maximum Gasteiger partial charge on any atom is 0.261 e. The van der Waals surface area contributed by atoms with Crippen molar-refractivity contribution in [1.82, 2.24) is 39.6 Å². The van der Waals surface area contributed by atoms with Gasteiger partial charge in [-0.2, -0.15) is 10.2 Å². The van der Waals surface area contributed by atoms with Gasteiger partial charge in [-0.05, 0) is 39.3 Å². The lowest BCUT2D eigenvalue weighted by Crippen LogP contribution is -2.43. The molecule has 1 fully saturated rings. The van der Waals surface area contributed by atoms with Gasteiger partial charge in [-0.1, -0.05) is 0 Å². The first kappa shape index (κ1) is 23.8. The molecule has 1 aliphatic heterocycles. The SMILES string of the molecule is CC1(C)CCCN1CCNC(=O)c1cnc2c(c1)[nH]c(=O)c1c2nn2cc(-c3cnn(CCO)c3)sc12. The van der Waals surface area contributed by atoms with Gasteiger partial charge in [-0.3, -0.25) is 24.2 Å². The van der Waals surface area contributed by atoms with Crippen LogP contribution in [0.5, 0.6) is 0 Å². The second-order valence-corrected chi connectivity index (χ2v) is 11.0. The van der Waals surface area contributed by atoms with Gasteiger partial charge in [0.25, 0.3) is 11.5 Å². The number of H-pyrrole nitrogens is 1. The Balaban J connectivity index is 1.27. The molecular formula is C25H28N8O3S. The maximum absolute atomic E-state index is 13.1. The molecule has 0 bridgehead atoms. The number of hydrogen-bond acceptors (Lipinski definition) is 8. The highest BCUT2D eigenvalue weighted by atomic mass is 32.1. The number of aromatic nitrogens is 6. The van der Waals surface area contributed by atoms with Crippen LogP contribution in [0.15, 0.2) is 35.6 Å². The van der Waals surface area contributed by atoms with Crippen LogP contribution in [-0.4, -0.2) is 77.1 Å². The number of carbonyl (C=O) groups is 1. The van der Waals surface area contributed by atoms with Crippen molar-refractivity contribution in [1.29, 1.82) is 0 Å². The molecule has 12 heteroatoms. The van der Waals surface area contributed by atoms with E-state index in [0.717, 1.165) is 23.5 Å². The summed E-state index contributed by atoms with van der Waals surface area (Å²) in [6, 6.07) is 1.66. The van der Waals surface area contributed by atoms with Crippen LogP contribution in [-0.2, 0) is 6.54 Å². The van der Waals surface area contributed by atoms with E-state index in [4.69, 9.17) is 5.11 Å². The Morgan fingerprint density at radius 3 is 2.89 bits per heavy atom. The topological polar surface area (TPSA) is 133 Å². The fourth-order valence-electron chi connectivity index (χ4n) is 5.11. The number of carbonyl (C=O) groups excluding carboxylic acids is 1. The minimum atomic E-state index is -0.280. The first-order valence-electron chi connectivity index (χ1n) is 12.3. The minimum Gasteiger partial charge on any atom is -0.394 e. The van der Waals surface area contributed by atoms with Gasteiger partial charge < -0.3 is 15.4 Å². The third-order valence-corrected chi connectivity index (χ3v) is 8.29. The molecule has 0 aromatic carbocycles. The zero-order valence-corrected chi connectivity index (χ0v) is 21.5. The number of nitrogens with one attached hydrogen (secondary N) is 2. The van der Waals surface area contributed by atoms with E-state index in [2.05, 4.69) is 44.2 Å². The van der Waals surface area contributed by atoms with Gasteiger partial charge >= 0.3 is 0 Å². The molecule has 0 radical (unpaired) electrons. The molecule has 1 saturated heterocycles. The number of pyridine rings is 2. The largest absolute Gasteiger partial charge is 0.394 e. The van der Waals surface area contributed by atoms with Gasteiger partial charge in [-0.15, -0.1) is 11.3 Å². The molecule has 5 aromatic heterocycles. The summed E-state index contributed by atoms with van der Waals surface area (Å²) in [5, 5.41) is 21.5. The van der Waals surface area contributed by atoms with E-state index in [1.807, 2.05) is 12.4 Å². The number of likely N-dealkylation sites (tertiary alicyclic amines) is 1. The summed E-state index contributed by atoms with van der Waals surface area (Å²) in [7, 11) is 0. The highest BCUT2D eigenvalue weighted by Gasteiger charge is 2.31. The molecule has 1 aliphatic rings. The molecule has 6 heterocycles. The van der Waals surface area contributed by atoms with E-state index < -0.39 is 0 Å². The minimum absolute atomic E-state index is 0.00922. The average molecular weight is 521 g/mol. The monoisotopic (exact) mass is 520 g/mol. The number of amides is 1. The number of thiazole rings is 1. The average Bonchev–Trinajstić information content (AvgIpc) is 3.62. The van der Waals surface area contributed by atoms with Crippen LogP contribution in [0.25, 0.3) is 37.2 Å². The molecule has 0 saturated carbocycles. The molecule has 1 amide bonds. The van der Waals surface area contributed by atoms with Crippen molar-refractivity contribution in [2.24, 2.45) is 0 Å². The van der Waals surface area contributed by atoms with E-state index in [9.17, 15) is 9.59 Å². The second-order valence-electron chi connectivity index (χ2n) is 10.0. The standard InChI is InChI=1S/C25H28N8O3S/c1-25(2)4-3-6-31(25)7-5-26-22(35)15-10-17-20(27-11-15)21-19(23(36)29-17)24-33(30-21)14-18(37-24)16-12-28-32(13-16)8-9-34/h10-14,34H,3-9H2,1-2H3,(H,26,35)(H,29,36). The van der Waals surface area contributed by atoms with Crippen molar-refractivity contribution < 1.29 is 9.90 Å². The van der Waals surface area contributed by atoms with Crippen molar-refractivity contribution in [2.45, 2.75) is 38.8 Å². The highest BCUT2D eigenvalue weighted by molar-refractivity contribution is 7.21. The Kier molecular flexibility index (Phi) is 5.81.